The van der Waals surface area contributed by atoms with Gasteiger partial charge in [0, 0.05) is 19.2 Å². The third kappa shape index (κ3) is 5.41. The average molecular weight is 318 g/mol. The lowest BCUT2D eigenvalue weighted by Gasteiger charge is -2.18. The highest BCUT2D eigenvalue weighted by molar-refractivity contribution is 7.89. The highest BCUT2D eigenvalue weighted by Gasteiger charge is 2.17. The molecule has 0 saturated carbocycles. The van der Waals surface area contributed by atoms with Crippen LogP contribution in [0.1, 0.15) is 24.2 Å². The fraction of sp³-hybridized carbons (Fsp3) is 0.462. The molecule has 0 unspecified atom stereocenters. The molecule has 21 heavy (non-hydrogen) atoms. The number of carbonyl (C=O) groups excluding carboxylic acids is 1. The summed E-state index contributed by atoms with van der Waals surface area (Å²) in [5, 5.41) is 4.94. The SMILES string of the molecule is CC(C)OCCN(C)C(=O)c1cc(F)cc(S(N)(=O)=O)c1. The van der Waals surface area contributed by atoms with Gasteiger partial charge in [-0.25, -0.2) is 17.9 Å². The lowest BCUT2D eigenvalue weighted by Crippen LogP contribution is -2.31. The number of benzene rings is 1. The lowest BCUT2D eigenvalue weighted by molar-refractivity contribution is 0.0531. The van der Waals surface area contributed by atoms with Crippen LogP contribution < -0.4 is 5.14 Å². The van der Waals surface area contributed by atoms with E-state index in [-0.39, 0.29) is 11.7 Å². The third-order valence-electron chi connectivity index (χ3n) is 2.67. The topological polar surface area (TPSA) is 89.7 Å². The quantitative estimate of drug-likeness (QED) is 0.846. The molecule has 0 aromatic heterocycles. The molecule has 0 fully saturated rings. The van der Waals surface area contributed by atoms with Gasteiger partial charge in [-0.15, -0.1) is 0 Å². The van der Waals surface area contributed by atoms with Crippen molar-refractivity contribution < 1.29 is 22.3 Å². The molecule has 8 heteroatoms. The molecule has 1 rings (SSSR count). The van der Waals surface area contributed by atoms with E-state index >= 15 is 0 Å². The van der Waals surface area contributed by atoms with Crippen molar-refractivity contribution >= 4 is 15.9 Å². The molecule has 0 saturated heterocycles. The fourth-order valence-electron chi connectivity index (χ4n) is 1.60. The molecule has 0 radical (unpaired) electrons. The zero-order chi connectivity index (χ0) is 16.2. The first-order valence-electron chi connectivity index (χ1n) is 6.31. The summed E-state index contributed by atoms with van der Waals surface area (Å²) in [5.74, 6) is -1.34. The van der Waals surface area contributed by atoms with Crippen LogP contribution in [0, 0.1) is 5.82 Å². The van der Waals surface area contributed by atoms with Crippen molar-refractivity contribution in [3.63, 3.8) is 0 Å². The van der Waals surface area contributed by atoms with Gasteiger partial charge in [0.2, 0.25) is 10.0 Å². The van der Waals surface area contributed by atoms with Crippen molar-refractivity contribution in [2.75, 3.05) is 20.2 Å². The molecule has 0 spiro atoms. The second-order valence-electron chi connectivity index (χ2n) is 4.87. The van der Waals surface area contributed by atoms with Crippen molar-refractivity contribution in [3.05, 3.63) is 29.6 Å². The first-order chi connectivity index (χ1) is 9.61. The number of sulfonamides is 1. The van der Waals surface area contributed by atoms with Crippen LogP contribution >= 0.6 is 0 Å². The fourth-order valence-corrected chi connectivity index (χ4v) is 2.17. The molecule has 0 heterocycles. The number of primary sulfonamides is 1. The Balaban J connectivity index is 2.89. The normalized spacial score (nSPS) is 11.7. The Bertz CT molecular complexity index is 617. The molecular formula is C13H19FN2O4S. The van der Waals surface area contributed by atoms with Gasteiger partial charge in [0.25, 0.3) is 5.91 Å². The van der Waals surface area contributed by atoms with Crippen LogP contribution in [-0.2, 0) is 14.8 Å². The first-order valence-corrected chi connectivity index (χ1v) is 7.86. The second-order valence-corrected chi connectivity index (χ2v) is 6.43. The van der Waals surface area contributed by atoms with E-state index in [1.54, 1.807) is 0 Å². The Morgan fingerprint density at radius 1 is 1.38 bits per heavy atom. The Morgan fingerprint density at radius 3 is 2.52 bits per heavy atom. The molecule has 0 bridgehead atoms. The maximum Gasteiger partial charge on any atom is 0.253 e. The number of nitrogens with zero attached hydrogens (tertiary/aromatic N) is 1. The van der Waals surface area contributed by atoms with Crippen LogP contribution in [0.5, 0.6) is 0 Å². The van der Waals surface area contributed by atoms with E-state index in [1.165, 1.54) is 11.9 Å². The third-order valence-corrected chi connectivity index (χ3v) is 3.56. The Hall–Kier alpha value is -1.51. The van der Waals surface area contributed by atoms with Crippen molar-refractivity contribution in [2.45, 2.75) is 24.8 Å². The van der Waals surface area contributed by atoms with E-state index in [1.807, 2.05) is 13.8 Å². The van der Waals surface area contributed by atoms with Gasteiger partial charge in [0.1, 0.15) is 5.82 Å². The molecule has 0 aliphatic rings. The Kier molecular flexibility index (Phi) is 5.82. The van der Waals surface area contributed by atoms with E-state index in [9.17, 15) is 17.6 Å². The maximum atomic E-state index is 13.4. The monoisotopic (exact) mass is 318 g/mol. The predicted molar refractivity (Wildman–Crippen MR) is 75.8 cm³/mol. The number of rotatable bonds is 6. The van der Waals surface area contributed by atoms with E-state index in [2.05, 4.69) is 0 Å². The van der Waals surface area contributed by atoms with Gasteiger partial charge in [-0.1, -0.05) is 0 Å². The number of ether oxygens (including phenoxy) is 1. The summed E-state index contributed by atoms with van der Waals surface area (Å²) in [6, 6.07) is 2.80. The maximum absolute atomic E-state index is 13.4. The summed E-state index contributed by atoms with van der Waals surface area (Å²) in [5.41, 5.74) is -0.0777. The van der Waals surface area contributed by atoms with Crippen LogP contribution in [0.4, 0.5) is 4.39 Å². The summed E-state index contributed by atoms with van der Waals surface area (Å²) in [7, 11) is -2.55. The molecule has 0 aliphatic heterocycles. The molecular weight excluding hydrogens is 299 g/mol. The average Bonchev–Trinajstić information content (AvgIpc) is 2.35. The van der Waals surface area contributed by atoms with Crippen molar-refractivity contribution in [2.24, 2.45) is 5.14 Å². The Morgan fingerprint density at radius 2 is 2.00 bits per heavy atom. The molecule has 1 aromatic carbocycles. The number of nitrogens with two attached hydrogens (primary N) is 1. The highest BCUT2D eigenvalue weighted by Crippen LogP contribution is 2.14. The largest absolute Gasteiger partial charge is 0.377 e. The Labute approximate surface area is 123 Å². The number of hydrogen-bond acceptors (Lipinski definition) is 4. The molecule has 118 valence electrons. The van der Waals surface area contributed by atoms with Gasteiger partial charge in [-0.2, -0.15) is 0 Å². The van der Waals surface area contributed by atoms with E-state index in [4.69, 9.17) is 9.88 Å². The van der Waals surface area contributed by atoms with Crippen LogP contribution in [-0.4, -0.2) is 45.5 Å². The van der Waals surface area contributed by atoms with Crippen LogP contribution in [0.25, 0.3) is 0 Å². The van der Waals surface area contributed by atoms with Crippen molar-refractivity contribution in [1.82, 2.24) is 4.90 Å². The summed E-state index contributed by atoms with van der Waals surface area (Å²) >= 11 is 0. The summed E-state index contributed by atoms with van der Waals surface area (Å²) in [4.78, 5) is 13.0. The van der Waals surface area contributed by atoms with E-state index < -0.39 is 26.6 Å². The van der Waals surface area contributed by atoms with Gasteiger partial charge < -0.3 is 9.64 Å². The van der Waals surface area contributed by atoms with Crippen LogP contribution in [0.2, 0.25) is 0 Å². The van der Waals surface area contributed by atoms with Gasteiger partial charge in [-0.05, 0) is 32.0 Å². The number of likely N-dealkylation sites (N-methyl/N-ethyl adjacent to an activating group) is 1. The molecule has 1 aromatic rings. The van der Waals surface area contributed by atoms with Crippen molar-refractivity contribution in [3.8, 4) is 0 Å². The summed E-state index contributed by atoms with van der Waals surface area (Å²) in [6.07, 6.45) is 0.0386. The number of carbonyl (C=O) groups is 1. The molecule has 1 amide bonds. The molecule has 0 atom stereocenters. The summed E-state index contributed by atoms with van der Waals surface area (Å²) in [6.45, 7) is 4.37. The predicted octanol–water partition coefficient (Wildman–Crippen LogP) is 0.970. The smallest absolute Gasteiger partial charge is 0.253 e. The minimum Gasteiger partial charge on any atom is -0.377 e. The van der Waals surface area contributed by atoms with E-state index in [0.29, 0.717) is 13.2 Å². The molecule has 2 N–H and O–H groups in total. The standard InChI is InChI=1S/C13H19FN2O4S/c1-9(2)20-5-4-16(3)13(17)10-6-11(14)8-12(7-10)21(15,18)19/h6-9H,4-5H2,1-3H3,(H2,15,18,19). The number of halogens is 1. The van der Waals surface area contributed by atoms with Gasteiger partial charge in [0.15, 0.2) is 0 Å². The minimum absolute atomic E-state index is 0.0386. The zero-order valence-electron chi connectivity index (χ0n) is 12.2. The van der Waals surface area contributed by atoms with Crippen LogP contribution in [0.3, 0.4) is 0 Å². The van der Waals surface area contributed by atoms with Gasteiger partial charge >= 0.3 is 0 Å². The van der Waals surface area contributed by atoms with Gasteiger partial charge in [0.05, 0.1) is 17.6 Å². The molecule has 0 aliphatic carbocycles. The lowest BCUT2D eigenvalue weighted by atomic mass is 10.2. The first kappa shape index (κ1) is 17.5. The van der Waals surface area contributed by atoms with Gasteiger partial charge in [-0.3, -0.25) is 4.79 Å². The number of hydrogen-bond donors (Lipinski definition) is 1. The summed E-state index contributed by atoms with van der Waals surface area (Å²) < 4.78 is 41.2. The zero-order valence-corrected chi connectivity index (χ0v) is 13.0. The number of amides is 1. The van der Waals surface area contributed by atoms with Crippen LogP contribution in [0.15, 0.2) is 23.1 Å². The molecule has 6 nitrogen and oxygen atoms in total. The van der Waals surface area contributed by atoms with Crippen molar-refractivity contribution in [1.29, 1.82) is 0 Å². The minimum atomic E-state index is -4.07. The van der Waals surface area contributed by atoms with E-state index in [0.717, 1.165) is 18.2 Å². The highest BCUT2D eigenvalue weighted by atomic mass is 32.2. The second kappa shape index (κ2) is 6.97.